The van der Waals surface area contributed by atoms with E-state index in [1.54, 1.807) is 6.92 Å². The first-order valence-electron chi connectivity index (χ1n) is 6.17. The maximum absolute atomic E-state index is 12.0. The molecule has 0 radical (unpaired) electrons. The van der Waals surface area contributed by atoms with E-state index in [9.17, 15) is 14.7 Å². The molecule has 5 nitrogen and oxygen atoms in total. The molecular formula is C12H19NO4. The lowest BCUT2D eigenvalue weighted by Gasteiger charge is -2.29. The van der Waals surface area contributed by atoms with E-state index in [-0.39, 0.29) is 17.7 Å². The third-order valence-electron chi connectivity index (χ3n) is 3.81. The molecule has 1 amide bonds. The standard InChI is InChI=1S/C12H19NO4/c1-12(11(15)16,9-2-3-9)13-10(14)8-4-6-17-7-5-8/h8-9H,2-7H2,1H3,(H,13,14)(H,15,16). The van der Waals surface area contributed by atoms with Gasteiger partial charge in [-0.15, -0.1) is 0 Å². The number of carbonyl (C=O) groups is 2. The summed E-state index contributed by atoms with van der Waals surface area (Å²) in [6, 6.07) is 0. The Hall–Kier alpha value is -1.10. The summed E-state index contributed by atoms with van der Waals surface area (Å²) in [5.74, 6) is -1.07. The minimum absolute atomic E-state index is 0.0868. The highest BCUT2D eigenvalue weighted by Gasteiger charge is 2.49. The molecule has 1 saturated heterocycles. The van der Waals surface area contributed by atoms with Crippen molar-refractivity contribution in [1.29, 1.82) is 0 Å². The second kappa shape index (κ2) is 4.64. The van der Waals surface area contributed by atoms with Crippen molar-refractivity contribution in [2.24, 2.45) is 11.8 Å². The molecule has 2 N–H and O–H groups in total. The zero-order valence-electron chi connectivity index (χ0n) is 10.1. The fourth-order valence-electron chi connectivity index (χ4n) is 2.31. The van der Waals surface area contributed by atoms with Crippen LogP contribution in [-0.2, 0) is 14.3 Å². The minimum Gasteiger partial charge on any atom is -0.480 e. The highest BCUT2D eigenvalue weighted by Crippen LogP contribution is 2.40. The van der Waals surface area contributed by atoms with Gasteiger partial charge >= 0.3 is 5.97 Å². The van der Waals surface area contributed by atoms with Gasteiger partial charge < -0.3 is 15.2 Å². The molecule has 1 aliphatic heterocycles. The summed E-state index contributed by atoms with van der Waals surface area (Å²) in [5.41, 5.74) is -1.09. The molecule has 0 bridgehead atoms. The largest absolute Gasteiger partial charge is 0.480 e. The Labute approximate surface area is 101 Å². The maximum Gasteiger partial charge on any atom is 0.329 e. The molecule has 1 unspecified atom stereocenters. The molecule has 2 fully saturated rings. The zero-order valence-corrected chi connectivity index (χ0v) is 10.1. The Morgan fingerprint density at radius 3 is 2.29 bits per heavy atom. The lowest BCUT2D eigenvalue weighted by molar-refractivity contribution is -0.149. The Morgan fingerprint density at radius 1 is 1.24 bits per heavy atom. The second-order valence-corrected chi connectivity index (χ2v) is 5.16. The summed E-state index contributed by atoms with van der Waals surface area (Å²) < 4.78 is 5.19. The van der Waals surface area contributed by atoms with Crippen LogP contribution in [0.5, 0.6) is 0 Å². The number of aliphatic carboxylic acids is 1. The van der Waals surface area contributed by atoms with Crippen LogP contribution in [-0.4, -0.2) is 35.7 Å². The van der Waals surface area contributed by atoms with Crippen LogP contribution in [0.1, 0.15) is 32.6 Å². The SMILES string of the molecule is CC(NC(=O)C1CCOCC1)(C(=O)O)C1CC1. The van der Waals surface area contributed by atoms with Gasteiger partial charge in [-0.3, -0.25) is 4.79 Å². The molecule has 1 saturated carbocycles. The number of ether oxygens (including phenoxy) is 1. The smallest absolute Gasteiger partial charge is 0.329 e. The van der Waals surface area contributed by atoms with Gasteiger partial charge in [0, 0.05) is 19.1 Å². The molecule has 2 aliphatic rings. The van der Waals surface area contributed by atoms with Gasteiger partial charge in [-0.25, -0.2) is 4.79 Å². The Bertz CT molecular complexity index is 320. The van der Waals surface area contributed by atoms with Crippen LogP contribution in [0.3, 0.4) is 0 Å². The van der Waals surface area contributed by atoms with Gasteiger partial charge in [0.05, 0.1) is 0 Å². The molecule has 96 valence electrons. The fourth-order valence-corrected chi connectivity index (χ4v) is 2.31. The minimum atomic E-state index is -1.09. The third kappa shape index (κ3) is 2.60. The summed E-state index contributed by atoms with van der Waals surface area (Å²) in [7, 11) is 0. The number of hydrogen-bond donors (Lipinski definition) is 2. The first-order chi connectivity index (χ1) is 8.04. The van der Waals surface area contributed by atoms with Crippen LogP contribution >= 0.6 is 0 Å². The highest BCUT2D eigenvalue weighted by atomic mass is 16.5. The van der Waals surface area contributed by atoms with Crippen LogP contribution in [0.15, 0.2) is 0 Å². The molecule has 2 rings (SSSR count). The second-order valence-electron chi connectivity index (χ2n) is 5.16. The summed E-state index contributed by atoms with van der Waals surface area (Å²) in [6.45, 7) is 2.79. The van der Waals surface area contributed by atoms with Gasteiger partial charge in [0.15, 0.2) is 0 Å². The van der Waals surface area contributed by atoms with Crippen molar-refractivity contribution in [3.8, 4) is 0 Å². The summed E-state index contributed by atoms with van der Waals surface area (Å²) in [5, 5.41) is 12.0. The molecule has 0 aromatic heterocycles. The average Bonchev–Trinajstić information content (AvgIpc) is 3.13. The van der Waals surface area contributed by atoms with E-state index in [1.165, 1.54) is 0 Å². The average molecular weight is 241 g/mol. The van der Waals surface area contributed by atoms with Gasteiger partial charge in [-0.1, -0.05) is 0 Å². The highest BCUT2D eigenvalue weighted by molar-refractivity contribution is 5.88. The first-order valence-corrected chi connectivity index (χ1v) is 6.17. The maximum atomic E-state index is 12.0. The van der Waals surface area contributed by atoms with Gasteiger partial charge in [0.2, 0.25) is 5.91 Å². The van der Waals surface area contributed by atoms with E-state index in [1.807, 2.05) is 0 Å². The number of rotatable bonds is 4. The predicted molar refractivity (Wildman–Crippen MR) is 60.5 cm³/mol. The van der Waals surface area contributed by atoms with Crippen LogP contribution in [0.25, 0.3) is 0 Å². The van der Waals surface area contributed by atoms with Crippen molar-refractivity contribution in [2.45, 2.75) is 38.1 Å². The Kier molecular flexibility index (Phi) is 3.38. The van der Waals surface area contributed by atoms with E-state index in [4.69, 9.17) is 4.74 Å². The van der Waals surface area contributed by atoms with E-state index in [2.05, 4.69) is 5.32 Å². The summed E-state index contributed by atoms with van der Waals surface area (Å²) >= 11 is 0. The van der Waals surface area contributed by atoms with Crippen molar-refractivity contribution in [3.05, 3.63) is 0 Å². The van der Waals surface area contributed by atoms with Crippen LogP contribution in [0.2, 0.25) is 0 Å². The van der Waals surface area contributed by atoms with Crippen LogP contribution in [0.4, 0.5) is 0 Å². The normalized spacial score (nSPS) is 25.0. The number of hydrogen-bond acceptors (Lipinski definition) is 3. The Balaban J connectivity index is 1.97. The Morgan fingerprint density at radius 2 is 1.82 bits per heavy atom. The molecule has 0 aromatic rings. The van der Waals surface area contributed by atoms with Gasteiger partial charge in [-0.2, -0.15) is 0 Å². The van der Waals surface area contributed by atoms with Gasteiger partial charge in [0.1, 0.15) is 5.54 Å². The van der Waals surface area contributed by atoms with E-state index in [0.29, 0.717) is 26.1 Å². The molecule has 17 heavy (non-hydrogen) atoms. The number of amides is 1. The third-order valence-corrected chi connectivity index (χ3v) is 3.81. The predicted octanol–water partition coefficient (Wildman–Crippen LogP) is 0.782. The molecule has 5 heteroatoms. The summed E-state index contributed by atoms with van der Waals surface area (Å²) in [4.78, 5) is 23.3. The van der Waals surface area contributed by atoms with Gasteiger partial charge in [-0.05, 0) is 38.5 Å². The number of carbonyl (C=O) groups excluding carboxylic acids is 1. The van der Waals surface area contributed by atoms with Crippen molar-refractivity contribution in [2.75, 3.05) is 13.2 Å². The lowest BCUT2D eigenvalue weighted by atomic mass is 9.92. The molecule has 1 atom stereocenters. The molecular weight excluding hydrogens is 222 g/mol. The summed E-state index contributed by atoms with van der Waals surface area (Å²) in [6.07, 6.45) is 3.14. The van der Waals surface area contributed by atoms with Crippen molar-refractivity contribution in [3.63, 3.8) is 0 Å². The van der Waals surface area contributed by atoms with Crippen molar-refractivity contribution < 1.29 is 19.4 Å². The van der Waals surface area contributed by atoms with E-state index in [0.717, 1.165) is 12.8 Å². The van der Waals surface area contributed by atoms with Crippen LogP contribution < -0.4 is 5.32 Å². The van der Waals surface area contributed by atoms with Crippen molar-refractivity contribution in [1.82, 2.24) is 5.32 Å². The van der Waals surface area contributed by atoms with Gasteiger partial charge in [0.25, 0.3) is 0 Å². The van der Waals surface area contributed by atoms with Crippen molar-refractivity contribution >= 4 is 11.9 Å². The molecule has 1 aliphatic carbocycles. The monoisotopic (exact) mass is 241 g/mol. The molecule has 1 heterocycles. The molecule has 0 aromatic carbocycles. The number of nitrogens with one attached hydrogen (secondary N) is 1. The zero-order chi connectivity index (χ0) is 12.5. The van der Waals surface area contributed by atoms with Crippen LogP contribution in [0, 0.1) is 11.8 Å². The van der Waals surface area contributed by atoms with E-state index < -0.39 is 11.5 Å². The number of carboxylic acids is 1. The number of carboxylic acid groups (broad SMARTS) is 1. The lowest BCUT2D eigenvalue weighted by Crippen LogP contribution is -2.55. The molecule has 0 spiro atoms. The van der Waals surface area contributed by atoms with E-state index >= 15 is 0 Å². The quantitative estimate of drug-likeness (QED) is 0.762. The topological polar surface area (TPSA) is 75.6 Å². The fraction of sp³-hybridized carbons (Fsp3) is 0.833. The first kappa shape index (κ1) is 12.4.